The van der Waals surface area contributed by atoms with Gasteiger partial charge in [0.15, 0.2) is 11.5 Å². The van der Waals surface area contributed by atoms with Crippen molar-refractivity contribution in [2.75, 3.05) is 44.4 Å². The number of hydrogen-bond acceptors (Lipinski definition) is 8. The van der Waals surface area contributed by atoms with Crippen LogP contribution in [0.4, 0.5) is 11.4 Å². The Morgan fingerprint density at radius 3 is 2.50 bits per heavy atom. The van der Waals surface area contributed by atoms with Crippen LogP contribution >= 0.6 is 15.9 Å². The maximum absolute atomic E-state index is 12.5. The summed E-state index contributed by atoms with van der Waals surface area (Å²) in [6, 6.07) is 7.89. The molecular formula is C20H19BrN2O7. The van der Waals surface area contributed by atoms with E-state index < -0.39 is 10.9 Å². The number of carbonyl (C=O) groups excluding carboxylic acids is 1. The van der Waals surface area contributed by atoms with Crippen molar-refractivity contribution in [1.29, 1.82) is 0 Å². The fourth-order valence-electron chi connectivity index (χ4n) is 3.31. The molecule has 1 fully saturated rings. The zero-order valence-corrected chi connectivity index (χ0v) is 17.6. The summed E-state index contributed by atoms with van der Waals surface area (Å²) in [6.07, 6.45) is 0. The van der Waals surface area contributed by atoms with E-state index in [0.29, 0.717) is 66.7 Å². The summed E-state index contributed by atoms with van der Waals surface area (Å²) in [6.45, 7) is 3.04. The van der Waals surface area contributed by atoms with E-state index in [-0.39, 0.29) is 17.9 Å². The molecule has 2 heterocycles. The number of esters is 1. The monoisotopic (exact) mass is 478 g/mol. The number of ether oxygens (including phenoxy) is 4. The number of fused-ring (bicyclic) bond motifs is 1. The number of carbonyl (C=O) groups is 1. The first kappa shape index (κ1) is 20.4. The first-order valence-electron chi connectivity index (χ1n) is 9.39. The molecule has 4 rings (SSSR count). The van der Waals surface area contributed by atoms with Gasteiger partial charge in [0.05, 0.1) is 23.7 Å². The average molecular weight is 479 g/mol. The molecule has 1 saturated heterocycles. The number of hydrogen-bond donors (Lipinski definition) is 0. The Hall–Kier alpha value is -2.85. The maximum Gasteiger partial charge on any atom is 0.338 e. The first-order chi connectivity index (χ1) is 14.5. The number of nitrogens with zero attached hydrogens (tertiary/aromatic N) is 2. The van der Waals surface area contributed by atoms with E-state index in [1.54, 1.807) is 24.3 Å². The Balaban J connectivity index is 1.49. The summed E-state index contributed by atoms with van der Waals surface area (Å²) in [5.74, 6) is 0.562. The third kappa shape index (κ3) is 4.34. The van der Waals surface area contributed by atoms with Gasteiger partial charge < -0.3 is 23.8 Å². The lowest BCUT2D eigenvalue weighted by atomic mass is 10.1. The predicted octanol–water partition coefficient (Wildman–Crippen LogP) is 3.32. The van der Waals surface area contributed by atoms with Crippen LogP contribution in [0.1, 0.15) is 15.9 Å². The van der Waals surface area contributed by atoms with Gasteiger partial charge in [-0.15, -0.1) is 0 Å². The van der Waals surface area contributed by atoms with E-state index in [4.69, 9.17) is 18.9 Å². The largest absolute Gasteiger partial charge is 0.486 e. The lowest BCUT2D eigenvalue weighted by molar-refractivity contribution is -0.384. The van der Waals surface area contributed by atoms with Crippen molar-refractivity contribution in [3.8, 4) is 11.5 Å². The van der Waals surface area contributed by atoms with Gasteiger partial charge in [-0.25, -0.2) is 4.79 Å². The van der Waals surface area contributed by atoms with Gasteiger partial charge >= 0.3 is 5.97 Å². The number of morpholine rings is 1. The first-order valence-corrected chi connectivity index (χ1v) is 10.2. The molecule has 30 heavy (non-hydrogen) atoms. The van der Waals surface area contributed by atoms with E-state index >= 15 is 0 Å². The quantitative estimate of drug-likeness (QED) is 0.366. The van der Waals surface area contributed by atoms with Crippen LogP contribution in [0.2, 0.25) is 0 Å². The van der Waals surface area contributed by atoms with Gasteiger partial charge in [0, 0.05) is 29.2 Å². The van der Waals surface area contributed by atoms with Crippen LogP contribution in [0.3, 0.4) is 0 Å². The summed E-state index contributed by atoms with van der Waals surface area (Å²) in [7, 11) is 0. The van der Waals surface area contributed by atoms with Gasteiger partial charge in [0.1, 0.15) is 25.5 Å². The summed E-state index contributed by atoms with van der Waals surface area (Å²) < 4.78 is 22.5. The number of benzene rings is 2. The molecule has 0 amide bonds. The van der Waals surface area contributed by atoms with Crippen molar-refractivity contribution >= 4 is 33.3 Å². The molecule has 10 heteroatoms. The maximum atomic E-state index is 12.5. The normalized spacial score (nSPS) is 15.6. The molecule has 0 spiro atoms. The van der Waals surface area contributed by atoms with Gasteiger partial charge in [-0.2, -0.15) is 0 Å². The Bertz CT molecular complexity index is 976. The summed E-state index contributed by atoms with van der Waals surface area (Å²) in [5, 5.41) is 11.6. The van der Waals surface area contributed by atoms with Crippen molar-refractivity contribution in [3.63, 3.8) is 0 Å². The lowest BCUT2D eigenvalue weighted by Gasteiger charge is -2.28. The molecule has 0 aromatic heterocycles. The van der Waals surface area contributed by atoms with Crippen LogP contribution < -0.4 is 14.4 Å². The molecular weight excluding hydrogens is 460 g/mol. The van der Waals surface area contributed by atoms with Gasteiger partial charge in [0.2, 0.25) is 0 Å². The standard InChI is InChI=1S/C20H19BrN2O7/c21-15-11-19-18(28-7-8-29-19)10-14(15)12-30-20(24)13-1-2-16(17(9-13)23(25)26)22-3-5-27-6-4-22/h1-2,9-11H,3-8,12H2. The summed E-state index contributed by atoms with van der Waals surface area (Å²) >= 11 is 3.43. The predicted molar refractivity (Wildman–Crippen MR) is 110 cm³/mol. The van der Waals surface area contributed by atoms with Crippen LogP contribution in [0.15, 0.2) is 34.8 Å². The van der Waals surface area contributed by atoms with Crippen LogP contribution in [0, 0.1) is 10.1 Å². The molecule has 0 bridgehead atoms. The fourth-order valence-corrected chi connectivity index (χ4v) is 3.75. The molecule has 2 aliphatic rings. The minimum Gasteiger partial charge on any atom is -0.486 e. The fraction of sp³-hybridized carbons (Fsp3) is 0.350. The second-order valence-electron chi connectivity index (χ2n) is 6.72. The highest BCUT2D eigenvalue weighted by molar-refractivity contribution is 9.10. The second kappa shape index (κ2) is 8.88. The summed E-state index contributed by atoms with van der Waals surface area (Å²) in [4.78, 5) is 25.5. The number of anilines is 1. The van der Waals surface area contributed by atoms with E-state index in [1.807, 2.05) is 4.90 Å². The smallest absolute Gasteiger partial charge is 0.338 e. The Labute approximate surface area is 180 Å². The zero-order valence-electron chi connectivity index (χ0n) is 16.0. The van der Waals surface area contributed by atoms with Crippen LogP contribution in [-0.4, -0.2) is 50.4 Å². The van der Waals surface area contributed by atoms with Crippen LogP contribution in [0.5, 0.6) is 11.5 Å². The molecule has 2 aromatic carbocycles. The Morgan fingerprint density at radius 2 is 1.80 bits per heavy atom. The van der Waals surface area contributed by atoms with E-state index in [1.165, 1.54) is 6.07 Å². The Morgan fingerprint density at radius 1 is 1.10 bits per heavy atom. The van der Waals surface area contributed by atoms with Gasteiger partial charge in [-0.3, -0.25) is 10.1 Å². The summed E-state index contributed by atoms with van der Waals surface area (Å²) in [5.41, 5.74) is 1.15. The number of nitro groups is 1. The molecule has 0 atom stereocenters. The average Bonchev–Trinajstić information content (AvgIpc) is 2.77. The lowest BCUT2D eigenvalue weighted by Crippen LogP contribution is -2.36. The molecule has 0 unspecified atom stereocenters. The van der Waals surface area contributed by atoms with E-state index in [0.717, 1.165) is 0 Å². The van der Waals surface area contributed by atoms with E-state index in [9.17, 15) is 14.9 Å². The SMILES string of the molecule is O=C(OCc1cc2c(cc1Br)OCCO2)c1ccc(N2CCOCC2)c([N+](=O)[O-])c1. The topological polar surface area (TPSA) is 100 Å². The highest BCUT2D eigenvalue weighted by Gasteiger charge is 2.24. The molecule has 2 aromatic rings. The highest BCUT2D eigenvalue weighted by atomic mass is 79.9. The molecule has 0 radical (unpaired) electrons. The highest BCUT2D eigenvalue weighted by Crippen LogP contribution is 2.36. The van der Waals surface area contributed by atoms with Crippen LogP contribution in [-0.2, 0) is 16.1 Å². The van der Waals surface area contributed by atoms with Gasteiger partial charge in [-0.1, -0.05) is 15.9 Å². The molecule has 9 nitrogen and oxygen atoms in total. The van der Waals surface area contributed by atoms with Crippen molar-refractivity contribution in [2.24, 2.45) is 0 Å². The van der Waals surface area contributed by atoms with Crippen molar-refractivity contribution in [2.45, 2.75) is 6.61 Å². The molecule has 0 aliphatic carbocycles. The number of nitro benzene ring substituents is 1. The van der Waals surface area contributed by atoms with Gasteiger partial charge in [0.25, 0.3) is 5.69 Å². The second-order valence-corrected chi connectivity index (χ2v) is 7.58. The van der Waals surface area contributed by atoms with Crippen molar-refractivity contribution < 1.29 is 28.7 Å². The zero-order chi connectivity index (χ0) is 21.1. The Kier molecular flexibility index (Phi) is 6.05. The molecule has 158 valence electrons. The molecule has 0 N–H and O–H groups in total. The number of rotatable bonds is 5. The minimum atomic E-state index is -0.645. The van der Waals surface area contributed by atoms with Crippen LogP contribution in [0.25, 0.3) is 0 Å². The van der Waals surface area contributed by atoms with Gasteiger partial charge in [-0.05, 0) is 24.3 Å². The van der Waals surface area contributed by atoms with Crippen molar-refractivity contribution in [1.82, 2.24) is 0 Å². The van der Waals surface area contributed by atoms with E-state index in [2.05, 4.69) is 15.9 Å². The van der Waals surface area contributed by atoms with Crippen molar-refractivity contribution in [3.05, 3.63) is 56.0 Å². The number of halogens is 1. The third-order valence-electron chi connectivity index (χ3n) is 4.83. The molecule has 2 aliphatic heterocycles. The third-order valence-corrected chi connectivity index (χ3v) is 5.57. The molecule has 0 saturated carbocycles. The minimum absolute atomic E-state index is 0.0188.